The van der Waals surface area contributed by atoms with Gasteiger partial charge >= 0.3 is 0 Å². The molecule has 0 bridgehead atoms. The lowest BCUT2D eigenvalue weighted by molar-refractivity contribution is -0.137. The van der Waals surface area contributed by atoms with Crippen LogP contribution in [-0.4, -0.2) is 28.6 Å². The van der Waals surface area contributed by atoms with Crippen molar-refractivity contribution in [3.63, 3.8) is 0 Å². The highest BCUT2D eigenvalue weighted by Gasteiger charge is 2.60. The number of hydrogen-bond donors (Lipinski definition) is 2. The average Bonchev–Trinajstić information content (AvgIpc) is 2.97. The number of carboxylic acids is 1. The van der Waals surface area contributed by atoms with Gasteiger partial charge in [-0.1, -0.05) is 26.7 Å². The van der Waals surface area contributed by atoms with Crippen LogP contribution in [0, 0.1) is 40.4 Å². The standard InChI is InChI=1S/C21H34O2.C2H4O2/c1-20-11-4-3-5-14(20)6-7-15-16-8-9-18(19(23)13-22)21(16,2)12-10-17(15)20;1-2(3)4/h14-18,22H,3-13H2,1-2H3;1H3,(H,3,4)/t14-,15+,16+,17+,18-,20+,21+;/m1./s1. The van der Waals surface area contributed by atoms with Crippen LogP contribution in [0.3, 0.4) is 0 Å². The number of hydrogen-bond acceptors (Lipinski definition) is 3. The fourth-order valence-electron chi connectivity index (χ4n) is 7.93. The van der Waals surface area contributed by atoms with Crippen LogP contribution in [0.25, 0.3) is 0 Å². The van der Waals surface area contributed by atoms with Crippen molar-refractivity contribution in [1.29, 1.82) is 0 Å². The van der Waals surface area contributed by atoms with Crippen molar-refractivity contribution in [2.45, 2.75) is 85.0 Å². The maximum atomic E-state index is 12.3. The van der Waals surface area contributed by atoms with Crippen LogP contribution in [-0.2, 0) is 9.59 Å². The number of rotatable bonds is 2. The van der Waals surface area contributed by atoms with Crippen LogP contribution in [0.1, 0.15) is 85.0 Å². The second-order valence-electron chi connectivity index (χ2n) is 10.2. The largest absolute Gasteiger partial charge is 0.481 e. The first-order chi connectivity index (χ1) is 12.7. The Labute approximate surface area is 164 Å². The molecule has 0 heterocycles. The molecule has 154 valence electrons. The van der Waals surface area contributed by atoms with E-state index in [-0.39, 0.29) is 23.7 Å². The van der Waals surface area contributed by atoms with Gasteiger partial charge < -0.3 is 10.2 Å². The molecular weight excluding hydrogens is 340 g/mol. The van der Waals surface area contributed by atoms with E-state index in [0.717, 1.165) is 37.0 Å². The first-order valence-corrected chi connectivity index (χ1v) is 11.1. The zero-order valence-electron chi connectivity index (χ0n) is 17.4. The predicted molar refractivity (Wildman–Crippen MR) is 105 cm³/mol. The summed E-state index contributed by atoms with van der Waals surface area (Å²) >= 11 is 0. The van der Waals surface area contributed by atoms with Gasteiger partial charge in [-0.2, -0.15) is 0 Å². The van der Waals surface area contributed by atoms with Gasteiger partial charge in [-0.3, -0.25) is 9.59 Å². The summed E-state index contributed by atoms with van der Waals surface area (Å²) in [6.07, 6.45) is 13.5. The Balaban J connectivity index is 0.000000481. The number of aliphatic hydroxyl groups excluding tert-OH is 1. The molecule has 4 fully saturated rings. The molecule has 0 radical (unpaired) electrons. The van der Waals surface area contributed by atoms with E-state index in [1.165, 1.54) is 57.8 Å². The number of carbonyl (C=O) groups excluding carboxylic acids is 1. The van der Waals surface area contributed by atoms with Gasteiger partial charge in [-0.25, -0.2) is 0 Å². The van der Waals surface area contributed by atoms with E-state index in [9.17, 15) is 9.90 Å². The Hall–Kier alpha value is -0.900. The fourth-order valence-corrected chi connectivity index (χ4v) is 7.93. The van der Waals surface area contributed by atoms with Crippen molar-refractivity contribution in [3.05, 3.63) is 0 Å². The molecule has 4 aliphatic carbocycles. The zero-order chi connectivity index (χ0) is 19.8. The molecule has 4 aliphatic rings. The minimum absolute atomic E-state index is 0.117. The topological polar surface area (TPSA) is 74.6 Å². The Morgan fingerprint density at radius 2 is 1.56 bits per heavy atom. The Morgan fingerprint density at radius 3 is 2.22 bits per heavy atom. The number of ketones is 1. The zero-order valence-corrected chi connectivity index (χ0v) is 17.4. The third-order valence-corrected chi connectivity index (χ3v) is 9.13. The number of fused-ring (bicyclic) bond motifs is 5. The monoisotopic (exact) mass is 378 g/mol. The quantitative estimate of drug-likeness (QED) is 0.731. The van der Waals surface area contributed by atoms with E-state index in [1.54, 1.807) is 0 Å². The summed E-state index contributed by atoms with van der Waals surface area (Å²) in [5, 5.41) is 16.8. The molecule has 0 spiro atoms. The van der Waals surface area contributed by atoms with Gasteiger partial charge in [0, 0.05) is 12.8 Å². The van der Waals surface area contributed by atoms with Gasteiger partial charge in [0.1, 0.15) is 6.61 Å². The molecule has 0 aromatic heterocycles. The van der Waals surface area contributed by atoms with E-state index in [0.29, 0.717) is 5.41 Å². The second kappa shape index (κ2) is 7.85. The maximum absolute atomic E-state index is 12.3. The number of aliphatic hydroxyl groups is 1. The molecule has 2 N–H and O–H groups in total. The summed E-state index contributed by atoms with van der Waals surface area (Å²) in [4.78, 5) is 21.3. The molecule has 0 aromatic carbocycles. The van der Waals surface area contributed by atoms with Crippen molar-refractivity contribution in [3.8, 4) is 0 Å². The predicted octanol–water partition coefficient (Wildman–Crippen LogP) is 4.69. The molecule has 0 amide bonds. The maximum Gasteiger partial charge on any atom is 0.300 e. The molecule has 4 rings (SSSR count). The first-order valence-electron chi connectivity index (χ1n) is 11.1. The molecule has 4 heteroatoms. The van der Waals surface area contributed by atoms with Crippen molar-refractivity contribution in [1.82, 2.24) is 0 Å². The third kappa shape index (κ3) is 3.59. The van der Waals surface area contributed by atoms with E-state index >= 15 is 0 Å². The molecule has 27 heavy (non-hydrogen) atoms. The van der Waals surface area contributed by atoms with Crippen molar-refractivity contribution < 1.29 is 19.8 Å². The van der Waals surface area contributed by atoms with E-state index in [2.05, 4.69) is 13.8 Å². The highest BCUT2D eigenvalue weighted by molar-refractivity contribution is 5.83. The summed E-state index contributed by atoms with van der Waals surface area (Å²) in [5.74, 6) is 2.88. The second-order valence-corrected chi connectivity index (χ2v) is 10.2. The summed E-state index contributed by atoms with van der Waals surface area (Å²) in [7, 11) is 0. The van der Waals surface area contributed by atoms with Gasteiger partial charge in [0.25, 0.3) is 5.97 Å². The van der Waals surface area contributed by atoms with E-state index in [1.807, 2.05) is 0 Å². The first kappa shape index (κ1) is 20.8. The smallest absolute Gasteiger partial charge is 0.300 e. The van der Waals surface area contributed by atoms with Crippen LogP contribution < -0.4 is 0 Å². The molecular formula is C23H38O4. The van der Waals surface area contributed by atoms with E-state index < -0.39 is 5.97 Å². The summed E-state index contributed by atoms with van der Waals surface area (Å²) in [6, 6.07) is 0. The molecule has 0 aliphatic heterocycles. The summed E-state index contributed by atoms with van der Waals surface area (Å²) in [6.45, 7) is 5.83. The number of aliphatic carboxylic acids is 1. The highest BCUT2D eigenvalue weighted by Crippen LogP contribution is 2.67. The van der Waals surface area contributed by atoms with Crippen molar-refractivity contribution in [2.75, 3.05) is 6.61 Å². The lowest BCUT2D eigenvalue weighted by atomic mass is 9.45. The number of carbonyl (C=O) groups is 2. The minimum Gasteiger partial charge on any atom is -0.481 e. The van der Waals surface area contributed by atoms with Crippen LogP contribution >= 0.6 is 0 Å². The van der Waals surface area contributed by atoms with Gasteiger partial charge in [-0.05, 0) is 85.9 Å². The van der Waals surface area contributed by atoms with Crippen LogP contribution in [0.15, 0.2) is 0 Å². The highest BCUT2D eigenvalue weighted by atomic mass is 16.4. The minimum atomic E-state index is -0.833. The lowest BCUT2D eigenvalue weighted by Gasteiger charge is -2.60. The Bertz CT molecular complexity index is 569. The lowest BCUT2D eigenvalue weighted by Crippen LogP contribution is -2.53. The van der Waals surface area contributed by atoms with Crippen molar-refractivity contribution in [2.24, 2.45) is 40.4 Å². The SMILES string of the molecule is CC(=O)O.C[C@]12CCCC[C@@H]1CC[C@@H]1[C@@H]2CC[C@]2(C)[C@@H](C(=O)CO)CC[C@@H]12. The number of carboxylic acid groups (broad SMARTS) is 1. The van der Waals surface area contributed by atoms with Crippen LogP contribution in [0.4, 0.5) is 0 Å². The molecule has 0 saturated heterocycles. The average molecular weight is 379 g/mol. The molecule has 4 saturated carbocycles. The molecule has 0 unspecified atom stereocenters. The Kier molecular flexibility index (Phi) is 6.05. The summed E-state index contributed by atoms with van der Waals surface area (Å²) < 4.78 is 0. The van der Waals surface area contributed by atoms with E-state index in [4.69, 9.17) is 9.90 Å². The van der Waals surface area contributed by atoms with Gasteiger partial charge in [0.15, 0.2) is 5.78 Å². The molecule has 0 aromatic rings. The number of Topliss-reactive ketones (excluding diaryl/α,β-unsaturated/α-hetero) is 1. The molecule has 4 nitrogen and oxygen atoms in total. The van der Waals surface area contributed by atoms with Crippen LogP contribution in [0.2, 0.25) is 0 Å². The molecule has 7 atom stereocenters. The fraction of sp³-hybridized carbons (Fsp3) is 0.913. The third-order valence-electron chi connectivity index (χ3n) is 9.13. The summed E-state index contributed by atoms with van der Waals surface area (Å²) in [5.41, 5.74) is 0.764. The Morgan fingerprint density at radius 1 is 0.889 bits per heavy atom. The normalized spacial score (nSPS) is 45.6. The van der Waals surface area contributed by atoms with Crippen LogP contribution in [0.5, 0.6) is 0 Å². The van der Waals surface area contributed by atoms with Gasteiger partial charge in [0.05, 0.1) is 0 Å². The van der Waals surface area contributed by atoms with Gasteiger partial charge in [0.2, 0.25) is 0 Å². The van der Waals surface area contributed by atoms with Crippen molar-refractivity contribution >= 4 is 11.8 Å². The van der Waals surface area contributed by atoms with Gasteiger partial charge in [-0.15, -0.1) is 0 Å².